The van der Waals surface area contributed by atoms with E-state index in [1.165, 1.54) is 0 Å². The summed E-state index contributed by atoms with van der Waals surface area (Å²) in [5.74, 6) is 2.27. The molecule has 0 radical (unpaired) electrons. The predicted molar refractivity (Wildman–Crippen MR) is 88.4 cm³/mol. The summed E-state index contributed by atoms with van der Waals surface area (Å²) in [4.78, 5) is 2.43. The lowest BCUT2D eigenvalue weighted by Crippen LogP contribution is -2.48. The van der Waals surface area contributed by atoms with Crippen LogP contribution in [0.2, 0.25) is 0 Å². The first-order valence-electron chi connectivity index (χ1n) is 7.60. The molecule has 5 heteroatoms. The molecule has 2 aliphatic rings. The van der Waals surface area contributed by atoms with Crippen LogP contribution in [-0.2, 0) is 0 Å². The lowest BCUT2D eigenvalue weighted by atomic mass is 9.89. The van der Waals surface area contributed by atoms with Crippen molar-refractivity contribution in [3.8, 4) is 11.5 Å². The van der Waals surface area contributed by atoms with Crippen molar-refractivity contribution in [3.05, 3.63) is 16.6 Å². The van der Waals surface area contributed by atoms with Crippen LogP contribution >= 0.6 is 15.9 Å². The average Bonchev–Trinajstić information content (AvgIpc) is 2.45. The van der Waals surface area contributed by atoms with Gasteiger partial charge in [-0.05, 0) is 42.2 Å². The molecule has 3 atom stereocenters. The van der Waals surface area contributed by atoms with Gasteiger partial charge < -0.3 is 19.7 Å². The fraction of sp³-hybridized carbons (Fsp3) is 0.625. The number of ether oxygens (including phenoxy) is 2. The largest absolute Gasteiger partial charge is 0.486 e. The number of nitrogens with one attached hydrogen (secondary N) is 1. The van der Waals surface area contributed by atoms with Crippen LogP contribution in [0.4, 0.5) is 5.69 Å². The molecule has 1 N–H and O–H groups in total. The molecule has 3 rings (SSSR count). The second kappa shape index (κ2) is 6.05. The standard InChI is InChI=1S/C16H23BrN2O2/c1-10-9-19(3)11(2)6-13(10)18-14-8-16-15(7-12(14)17)20-4-5-21-16/h7-8,10-11,13,18H,4-6,9H2,1-3H3. The van der Waals surface area contributed by atoms with Crippen LogP contribution in [-0.4, -0.2) is 43.8 Å². The molecule has 0 aliphatic carbocycles. The zero-order chi connectivity index (χ0) is 15.0. The van der Waals surface area contributed by atoms with Gasteiger partial charge >= 0.3 is 0 Å². The average molecular weight is 355 g/mol. The number of anilines is 1. The molecular weight excluding hydrogens is 332 g/mol. The molecule has 4 nitrogen and oxygen atoms in total. The summed E-state index contributed by atoms with van der Waals surface area (Å²) in [5.41, 5.74) is 1.09. The lowest BCUT2D eigenvalue weighted by molar-refractivity contribution is 0.145. The molecule has 0 amide bonds. The summed E-state index contributed by atoms with van der Waals surface area (Å²) in [6.45, 7) is 6.97. The van der Waals surface area contributed by atoms with E-state index in [0.717, 1.165) is 34.6 Å². The maximum atomic E-state index is 5.68. The predicted octanol–water partition coefficient (Wildman–Crippen LogP) is 3.36. The van der Waals surface area contributed by atoms with Gasteiger partial charge in [-0.1, -0.05) is 6.92 Å². The first-order chi connectivity index (χ1) is 10.0. The molecule has 1 aromatic carbocycles. The molecule has 116 valence electrons. The number of hydrogen-bond acceptors (Lipinski definition) is 4. The van der Waals surface area contributed by atoms with Crippen molar-refractivity contribution in [1.82, 2.24) is 4.90 Å². The van der Waals surface area contributed by atoms with E-state index in [4.69, 9.17) is 9.47 Å². The number of piperidine rings is 1. The third kappa shape index (κ3) is 3.14. The summed E-state index contributed by atoms with van der Waals surface area (Å²) < 4.78 is 12.3. The van der Waals surface area contributed by atoms with E-state index in [-0.39, 0.29) is 0 Å². The second-order valence-corrected chi connectivity index (χ2v) is 7.08. The molecule has 1 aromatic rings. The number of fused-ring (bicyclic) bond motifs is 1. The van der Waals surface area contributed by atoms with Crippen molar-refractivity contribution in [3.63, 3.8) is 0 Å². The molecule has 0 bridgehead atoms. The van der Waals surface area contributed by atoms with Crippen LogP contribution in [0.15, 0.2) is 16.6 Å². The first kappa shape index (κ1) is 15.0. The normalized spacial score (nSPS) is 29.2. The topological polar surface area (TPSA) is 33.7 Å². The lowest BCUT2D eigenvalue weighted by Gasteiger charge is -2.40. The Hall–Kier alpha value is -0.940. The maximum Gasteiger partial charge on any atom is 0.163 e. The van der Waals surface area contributed by atoms with E-state index < -0.39 is 0 Å². The molecule has 1 fully saturated rings. The van der Waals surface area contributed by atoms with Gasteiger partial charge in [0.25, 0.3) is 0 Å². The second-order valence-electron chi connectivity index (χ2n) is 6.23. The van der Waals surface area contributed by atoms with Crippen molar-refractivity contribution in [2.75, 3.05) is 32.1 Å². The van der Waals surface area contributed by atoms with Crippen LogP contribution in [0.3, 0.4) is 0 Å². The van der Waals surface area contributed by atoms with Crippen molar-refractivity contribution < 1.29 is 9.47 Å². The van der Waals surface area contributed by atoms with E-state index in [1.807, 2.05) is 12.1 Å². The highest BCUT2D eigenvalue weighted by Gasteiger charge is 2.29. The van der Waals surface area contributed by atoms with E-state index in [2.05, 4.69) is 47.0 Å². The van der Waals surface area contributed by atoms with E-state index >= 15 is 0 Å². The van der Waals surface area contributed by atoms with Crippen molar-refractivity contribution in [2.24, 2.45) is 5.92 Å². The molecule has 0 aromatic heterocycles. The van der Waals surface area contributed by atoms with Gasteiger partial charge in [0.15, 0.2) is 11.5 Å². The van der Waals surface area contributed by atoms with Gasteiger partial charge in [0.05, 0.1) is 5.69 Å². The van der Waals surface area contributed by atoms with E-state index in [1.54, 1.807) is 0 Å². The van der Waals surface area contributed by atoms with Crippen LogP contribution < -0.4 is 14.8 Å². The highest BCUT2D eigenvalue weighted by Crippen LogP contribution is 2.39. The Morgan fingerprint density at radius 1 is 1.19 bits per heavy atom. The fourth-order valence-electron chi connectivity index (χ4n) is 3.12. The van der Waals surface area contributed by atoms with Gasteiger partial charge in [-0.3, -0.25) is 0 Å². The Balaban J connectivity index is 1.78. The highest BCUT2D eigenvalue weighted by atomic mass is 79.9. The molecule has 2 aliphatic heterocycles. The summed E-state index contributed by atoms with van der Waals surface area (Å²) in [6.07, 6.45) is 1.15. The zero-order valence-corrected chi connectivity index (χ0v) is 14.4. The van der Waals surface area contributed by atoms with Crippen molar-refractivity contribution >= 4 is 21.6 Å². The third-order valence-electron chi connectivity index (χ3n) is 4.58. The maximum absolute atomic E-state index is 5.68. The number of rotatable bonds is 2. The summed E-state index contributed by atoms with van der Waals surface area (Å²) in [5, 5.41) is 3.69. The Morgan fingerprint density at radius 3 is 2.57 bits per heavy atom. The highest BCUT2D eigenvalue weighted by molar-refractivity contribution is 9.10. The minimum Gasteiger partial charge on any atom is -0.486 e. The van der Waals surface area contributed by atoms with Gasteiger partial charge in [-0.25, -0.2) is 0 Å². The molecule has 21 heavy (non-hydrogen) atoms. The summed E-state index contributed by atoms with van der Waals surface area (Å²) >= 11 is 3.64. The van der Waals surface area contributed by atoms with Gasteiger partial charge in [-0.15, -0.1) is 0 Å². The summed E-state index contributed by atoms with van der Waals surface area (Å²) in [7, 11) is 2.21. The first-order valence-corrected chi connectivity index (χ1v) is 8.40. The SMILES string of the molecule is CC1CN(C)C(C)CC1Nc1cc2c(cc1Br)OCCO2. The Morgan fingerprint density at radius 2 is 1.86 bits per heavy atom. The monoisotopic (exact) mass is 354 g/mol. The molecular formula is C16H23BrN2O2. The number of likely N-dealkylation sites (tertiary alicyclic amines) is 1. The van der Waals surface area contributed by atoms with Gasteiger partial charge in [0.2, 0.25) is 0 Å². The number of nitrogens with zero attached hydrogens (tertiary/aromatic N) is 1. The molecule has 1 saturated heterocycles. The zero-order valence-electron chi connectivity index (χ0n) is 12.9. The summed E-state index contributed by atoms with van der Waals surface area (Å²) in [6, 6.07) is 5.14. The number of hydrogen-bond donors (Lipinski definition) is 1. The Bertz CT molecular complexity index is 523. The van der Waals surface area contributed by atoms with Crippen LogP contribution in [0.5, 0.6) is 11.5 Å². The smallest absolute Gasteiger partial charge is 0.163 e. The van der Waals surface area contributed by atoms with Crippen molar-refractivity contribution in [1.29, 1.82) is 0 Å². The molecule has 3 unspecified atom stereocenters. The molecule has 2 heterocycles. The quantitative estimate of drug-likeness (QED) is 0.882. The number of halogens is 1. The van der Waals surface area contributed by atoms with E-state index in [0.29, 0.717) is 31.2 Å². The van der Waals surface area contributed by atoms with Crippen molar-refractivity contribution in [2.45, 2.75) is 32.4 Å². The van der Waals surface area contributed by atoms with Gasteiger partial charge in [0, 0.05) is 35.2 Å². The van der Waals surface area contributed by atoms with Gasteiger partial charge in [-0.2, -0.15) is 0 Å². The van der Waals surface area contributed by atoms with Crippen LogP contribution in [0.1, 0.15) is 20.3 Å². The molecule has 0 spiro atoms. The third-order valence-corrected chi connectivity index (χ3v) is 5.24. The number of benzene rings is 1. The van der Waals surface area contributed by atoms with Crippen LogP contribution in [0, 0.1) is 5.92 Å². The minimum atomic E-state index is 0.482. The fourth-order valence-corrected chi connectivity index (χ4v) is 3.55. The molecule has 0 saturated carbocycles. The van der Waals surface area contributed by atoms with Crippen LogP contribution in [0.25, 0.3) is 0 Å². The Labute approximate surface area is 134 Å². The van der Waals surface area contributed by atoms with Gasteiger partial charge in [0.1, 0.15) is 13.2 Å². The minimum absolute atomic E-state index is 0.482. The van der Waals surface area contributed by atoms with E-state index in [9.17, 15) is 0 Å². The Kier molecular flexibility index (Phi) is 4.31.